The lowest BCUT2D eigenvalue weighted by Crippen LogP contribution is -2.41. The molecule has 120 valence electrons. The molecule has 0 saturated heterocycles. The number of aliphatic hydroxyl groups is 1. The SMILES string of the molecule is CC(C)[C@@H](CO)NS(=O)(=O)Cc1ccccc1C(F)(F)F. The summed E-state index contributed by atoms with van der Waals surface area (Å²) in [5.41, 5.74) is -1.29. The number of aliphatic hydroxyl groups excluding tert-OH is 1. The quantitative estimate of drug-likeness (QED) is 0.842. The average molecular weight is 325 g/mol. The highest BCUT2D eigenvalue weighted by Gasteiger charge is 2.34. The highest BCUT2D eigenvalue weighted by Crippen LogP contribution is 2.32. The van der Waals surface area contributed by atoms with Gasteiger partial charge < -0.3 is 5.11 Å². The van der Waals surface area contributed by atoms with Crippen molar-refractivity contribution in [1.82, 2.24) is 4.72 Å². The molecule has 0 unspecified atom stereocenters. The largest absolute Gasteiger partial charge is 0.416 e. The van der Waals surface area contributed by atoms with E-state index >= 15 is 0 Å². The molecule has 21 heavy (non-hydrogen) atoms. The highest BCUT2D eigenvalue weighted by atomic mass is 32.2. The van der Waals surface area contributed by atoms with Crippen LogP contribution in [0.15, 0.2) is 24.3 Å². The summed E-state index contributed by atoms with van der Waals surface area (Å²) in [7, 11) is -3.98. The van der Waals surface area contributed by atoms with Crippen molar-refractivity contribution < 1.29 is 26.7 Å². The zero-order valence-corrected chi connectivity index (χ0v) is 12.5. The molecule has 1 atom stereocenters. The van der Waals surface area contributed by atoms with Crippen molar-refractivity contribution in [1.29, 1.82) is 0 Å². The van der Waals surface area contributed by atoms with E-state index in [0.717, 1.165) is 12.1 Å². The minimum atomic E-state index is -4.61. The first kappa shape index (κ1) is 17.9. The van der Waals surface area contributed by atoms with E-state index < -0.39 is 40.2 Å². The van der Waals surface area contributed by atoms with Gasteiger partial charge in [-0.3, -0.25) is 0 Å². The lowest BCUT2D eigenvalue weighted by molar-refractivity contribution is -0.138. The predicted octanol–water partition coefficient (Wildman–Crippen LogP) is 2.14. The zero-order chi connectivity index (χ0) is 16.3. The molecule has 0 aromatic heterocycles. The minimum Gasteiger partial charge on any atom is -0.395 e. The summed E-state index contributed by atoms with van der Waals surface area (Å²) < 4.78 is 64.6. The Bertz CT molecular complexity index is 570. The van der Waals surface area contributed by atoms with E-state index in [9.17, 15) is 21.6 Å². The Kier molecular flexibility index (Phi) is 5.77. The van der Waals surface area contributed by atoms with Gasteiger partial charge >= 0.3 is 6.18 Å². The van der Waals surface area contributed by atoms with Crippen LogP contribution >= 0.6 is 0 Å². The predicted molar refractivity (Wildman–Crippen MR) is 72.9 cm³/mol. The Morgan fingerprint density at radius 2 is 1.81 bits per heavy atom. The van der Waals surface area contributed by atoms with Gasteiger partial charge in [-0.05, 0) is 17.5 Å². The normalized spacial score (nSPS) is 14.4. The van der Waals surface area contributed by atoms with Crippen LogP contribution in [0.5, 0.6) is 0 Å². The van der Waals surface area contributed by atoms with Gasteiger partial charge in [0, 0.05) is 6.04 Å². The van der Waals surface area contributed by atoms with Crippen LogP contribution in [0, 0.1) is 5.92 Å². The first-order valence-electron chi connectivity index (χ1n) is 6.33. The van der Waals surface area contributed by atoms with Gasteiger partial charge in [0.25, 0.3) is 0 Å². The first-order chi connectivity index (χ1) is 9.57. The van der Waals surface area contributed by atoms with E-state index in [1.54, 1.807) is 13.8 Å². The fourth-order valence-corrected chi connectivity index (χ4v) is 3.34. The smallest absolute Gasteiger partial charge is 0.395 e. The minimum absolute atomic E-state index is 0.178. The lowest BCUT2D eigenvalue weighted by Gasteiger charge is -2.20. The Hall–Kier alpha value is -1.12. The molecule has 0 spiro atoms. The molecule has 1 aromatic carbocycles. The molecule has 0 amide bonds. The topological polar surface area (TPSA) is 66.4 Å². The Labute approximate surface area is 122 Å². The molecule has 0 aliphatic heterocycles. The molecule has 0 radical (unpaired) electrons. The van der Waals surface area contributed by atoms with Gasteiger partial charge in [0.15, 0.2) is 0 Å². The number of alkyl halides is 3. The summed E-state index contributed by atoms with van der Waals surface area (Å²) in [4.78, 5) is 0. The van der Waals surface area contributed by atoms with E-state index in [2.05, 4.69) is 4.72 Å². The average Bonchev–Trinajstić information content (AvgIpc) is 2.34. The molecule has 4 nitrogen and oxygen atoms in total. The van der Waals surface area contributed by atoms with Crippen LogP contribution in [0.4, 0.5) is 13.2 Å². The van der Waals surface area contributed by atoms with E-state index in [-0.39, 0.29) is 11.5 Å². The maximum absolute atomic E-state index is 12.8. The molecular formula is C13H18F3NO3S. The first-order valence-corrected chi connectivity index (χ1v) is 7.98. The number of nitrogens with one attached hydrogen (secondary N) is 1. The number of hydrogen-bond acceptors (Lipinski definition) is 3. The maximum atomic E-state index is 12.8. The van der Waals surface area contributed by atoms with Crippen LogP contribution in [0.1, 0.15) is 25.0 Å². The molecule has 1 aromatic rings. The van der Waals surface area contributed by atoms with Gasteiger partial charge in [0.05, 0.1) is 17.9 Å². The maximum Gasteiger partial charge on any atom is 0.416 e. The van der Waals surface area contributed by atoms with Crippen LogP contribution < -0.4 is 4.72 Å². The van der Waals surface area contributed by atoms with E-state index in [4.69, 9.17) is 5.11 Å². The fourth-order valence-electron chi connectivity index (χ4n) is 1.78. The summed E-state index contributed by atoms with van der Waals surface area (Å²) in [5.74, 6) is -0.964. The zero-order valence-electron chi connectivity index (χ0n) is 11.7. The van der Waals surface area contributed by atoms with Gasteiger partial charge in [-0.1, -0.05) is 32.0 Å². The van der Waals surface area contributed by atoms with E-state index in [0.29, 0.717) is 0 Å². The summed E-state index contributed by atoms with van der Waals surface area (Å²) >= 11 is 0. The number of benzene rings is 1. The monoisotopic (exact) mass is 325 g/mol. The molecule has 1 rings (SSSR count). The van der Waals surface area contributed by atoms with Crippen molar-refractivity contribution in [3.8, 4) is 0 Å². The van der Waals surface area contributed by atoms with Crippen molar-refractivity contribution in [2.75, 3.05) is 6.61 Å². The second kappa shape index (κ2) is 6.76. The van der Waals surface area contributed by atoms with Gasteiger partial charge in [-0.15, -0.1) is 0 Å². The molecule has 0 bridgehead atoms. The van der Waals surface area contributed by atoms with Crippen LogP contribution in [0.2, 0.25) is 0 Å². The molecule has 0 aliphatic carbocycles. The van der Waals surface area contributed by atoms with Gasteiger partial charge in [0.1, 0.15) is 0 Å². The Morgan fingerprint density at radius 3 is 2.29 bits per heavy atom. The number of rotatable bonds is 6. The summed E-state index contributed by atoms with van der Waals surface area (Å²) in [6.45, 7) is 2.98. The molecule has 2 N–H and O–H groups in total. The van der Waals surface area contributed by atoms with Crippen LogP contribution in [-0.4, -0.2) is 26.2 Å². The molecule has 8 heteroatoms. The van der Waals surface area contributed by atoms with E-state index in [1.807, 2.05) is 0 Å². The van der Waals surface area contributed by atoms with Crippen molar-refractivity contribution in [2.45, 2.75) is 31.8 Å². The van der Waals surface area contributed by atoms with Crippen molar-refractivity contribution in [3.63, 3.8) is 0 Å². The van der Waals surface area contributed by atoms with Gasteiger partial charge in [0.2, 0.25) is 10.0 Å². The van der Waals surface area contributed by atoms with Gasteiger partial charge in [-0.2, -0.15) is 13.2 Å². The summed E-state index contributed by atoms with van der Waals surface area (Å²) in [6, 6.07) is 3.80. The molecule has 0 saturated carbocycles. The van der Waals surface area contributed by atoms with Crippen molar-refractivity contribution in [3.05, 3.63) is 35.4 Å². The van der Waals surface area contributed by atoms with Crippen molar-refractivity contribution >= 4 is 10.0 Å². The number of sulfonamides is 1. The Morgan fingerprint density at radius 1 is 1.24 bits per heavy atom. The van der Waals surface area contributed by atoms with Crippen molar-refractivity contribution in [2.24, 2.45) is 5.92 Å². The van der Waals surface area contributed by atoms with Crippen LogP contribution in [0.3, 0.4) is 0 Å². The lowest BCUT2D eigenvalue weighted by atomic mass is 10.1. The Balaban J connectivity index is 3.00. The highest BCUT2D eigenvalue weighted by molar-refractivity contribution is 7.88. The molecular weight excluding hydrogens is 307 g/mol. The molecule has 0 fully saturated rings. The van der Waals surface area contributed by atoms with Crippen LogP contribution in [-0.2, 0) is 22.0 Å². The number of hydrogen-bond donors (Lipinski definition) is 2. The third-order valence-electron chi connectivity index (χ3n) is 3.00. The fraction of sp³-hybridized carbons (Fsp3) is 0.538. The molecule has 0 aliphatic rings. The second-order valence-corrected chi connectivity index (χ2v) is 6.82. The van der Waals surface area contributed by atoms with Crippen LogP contribution in [0.25, 0.3) is 0 Å². The van der Waals surface area contributed by atoms with Gasteiger partial charge in [-0.25, -0.2) is 13.1 Å². The standard InChI is InChI=1S/C13H18F3NO3S/c1-9(2)12(7-18)17-21(19,20)8-10-5-3-4-6-11(10)13(14,15)16/h3-6,9,12,17-18H,7-8H2,1-2H3/t12-/m1/s1. The third kappa shape index (κ3) is 5.29. The summed E-state index contributed by atoms with van der Waals surface area (Å²) in [6.07, 6.45) is -4.61. The van der Waals surface area contributed by atoms with E-state index in [1.165, 1.54) is 12.1 Å². The summed E-state index contributed by atoms with van der Waals surface area (Å²) in [5, 5.41) is 9.10. The number of halogens is 3. The second-order valence-electron chi connectivity index (χ2n) is 5.06. The molecule has 0 heterocycles. The third-order valence-corrected chi connectivity index (χ3v) is 4.35.